The fraction of sp³-hybridized carbons (Fsp3) is 0.167. The summed E-state index contributed by atoms with van der Waals surface area (Å²) in [7, 11) is 1.53. The third kappa shape index (κ3) is 5.15. The van der Waals surface area contributed by atoms with Crippen molar-refractivity contribution < 1.29 is 23.9 Å². The van der Waals surface area contributed by atoms with Crippen LogP contribution in [0.4, 0.5) is 5.69 Å². The second kappa shape index (κ2) is 8.43. The van der Waals surface area contributed by atoms with Gasteiger partial charge in [-0.2, -0.15) is 0 Å². The Balaban J connectivity index is 2.00. The molecule has 130 valence electrons. The number of ether oxygens (including phenoxy) is 2. The Labute approximate surface area is 153 Å². The van der Waals surface area contributed by atoms with Gasteiger partial charge in [-0.05, 0) is 52.3 Å². The average Bonchev–Trinajstić information content (AvgIpc) is 2.58. The molecule has 0 heterocycles. The van der Waals surface area contributed by atoms with Crippen LogP contribution >= 0.6 is 15.9 Å². The van der Waals surface area contributed by atoms with Crippen LogP contribution < -0.4 is 10.1 Å². The van der Waals surface area contributed by atoms with E-state index in [9.17, 15) is 14.4 Å². The molecule has 0 unspecified atom stereocenters. The second-order valence-electron chi connectivity index (χ2n) is 5.11. The zero-order valence-corrected chi connectivity index (χ0v) is 15.3. The zero-order valence-electron chi connectivity index (χ0n) is 13.7. The number of halogens is 1. The summed E-state index contributed by atoms with van der Waals surface area (Å²) in [5, 5.41) is 2.58. The topological polar surface area (TPSA) is 81.7 Å². The van der Waals surface area contributed by atoms with Crippen molar-refractivity contribution in [3.05, 3.63) is 58.1 Å². The summed E-state index contributed by atoms with van der Waals surface area (Å²) in [5.41, 5.74) is 1.12. The van der Waals surface area contributed by atoms with Gasteiger partial charge in [0.05, 0.1) is 17.1 Å². The molecule has 0 spiro atoms. The van der Waals surface area contributed by atoms with Crippen LogP contribution in [0.25, 0.3) is 0 Å². The number of nitrogens with one attached hydrogen (secondary N) is 1. The molecule has 25 heavy (non-hydrogen) atoms. The molecular formula is C18H16BrNO5. The quantitative estimate of drug-likeness (QED) is 0.587. The number of Topliss-reactive ketones (excluding diaryl/α,β-unsaturated/α-hetero) is 1. The number of ketones is 1. The largest absolute Gasteiger partial charge is 0.496 e. The highest BCUT2D eigenvalue weighted by Gasteiger charge is 2.14. The molecule has 0 bridgehead atoms. The predicted molar refractivity (Wildman–Crippen MR) is 96.1 cm³/mol. The maximum absolute atomic E-state index is 12.1. The molecule has 1 amide bonds. The van der Waals surface area contributed by atoms with Gasteiger partial charge in [-0.25, -0.2) is 4.79 Å². The highest BCUT2D eigenvalue weighted by atomic mass is 79.9. The Bertz CT molecular complexity index is 819. The number of amides is 1. The minimum atomic E-state index is -0.645. The third-order valence-electron chi connectivity index (χ3n) is 3.23. The fourth-order valence-electron chi connectivity index (χ4n) is 2.06. The van der Waals surface area contributed by atoms with Crippen molar-refractivity contribution in [1.82, 2.24) is 0 Å². The van der Waals surface area contributed by atoms with Gasteiger partial charge in [0, 0.05) is 18.2 Å². The number of benzene rings is 2. The molecule has 0 aliphatic carbocycles. The number of methoxy groups -OCH3 is 1. The van der Waals surface area contributed by atoms with Gasteiger partial charge in [0.2, 0.25) is 5.91 Å². The van der Waals surface area contributed by atoms with Gasteiger partial charge in [-0.3, -0.25) is 9.59 Å². The average molecular weight is 406 g/mol. The monoisotopic (exact) mass is 405 g/mol. The lowest BCUT2D eigenvalue weighted by Gasteiger charge is -2.08. The summed E-state index contributed by atoms with van der Waals surface area (Å²) in [6, 6.07) is 11.1. The first-order chi connectivity index (χ1) is 11.9. The molecule has 0 aliphatic heterocycles. The van der Waals surface area contributed by atoms with E-state index in [1.165, 1.54) is 20.1 Å². The van der Waals surface area contributed by atoms with E-state index in [0.717, 1.165) is 0 Å². The molecule has 2 rings (SSSR count). The van der Waals surface area contributed by atoms with E-state index < -0.39 is 5.97 Å². The van der Waals surface area contributed by atoms with Crippen LogP contribution in [-0.2, 0) is 9.53 Å². The Morgan fingerprint density at radius 2 is 1.84 bits per heavy atom. The molecule has 0 fully saturated rings. The van der Waals surface area contributed by atoms with Crippen molar-refractivity contribution in [2.24, 2.45) is 0 Å². The number of hydrogen-bond acceptors (Lipinski definition) is 5. The first kappa shape index (κ1) is 18.7. The SMILES string of the molecule is COc1ccc(C(=O)COC(=O)c2cccc(NC(C)=O)c2)cc1Br. The van der Waals surface area contributed by atoms with E-state index in [1.807, 2.05) is 0 Å². The Hall–Kier alpha value is -2.67. The maximum atomic E-state index is 12.1. The van der Waals surface area contributed by atoms with E-state index in [-0.39, 0.29) is 23.9 Å². The van der Waals surface area contributed by atoms with Gasteiger partial charge in [-0.1, -0.05) is 6.07 Å². The lowest BCUT2D eigenvalue weighted by molar-refractivity contribution is -0.114. The number of carbonyl (C=O) groups excluding carboxylic acids is 3. The fourth-order valence-corrected chi connectivity index (χ4v) is 2.61. The van der Waals surface area contributed by atoms with Crippen LogP contribution in [0.5, 0.6) is 5.75 Å². The Kier molecular flexibility index (Phi) is 6.30. The molecular weight excluding hydrogens is 390 g/mol. The standard InChI is InChI=1S/C18H16BrNO5/c1-11(21)20-14-5-3-4-13(8-14)18(23)25-10-16(22)12-6-7-17(24-2)15(19)9-12/h3-9H,10H2,1-2H3,(H,20,21). The lowest BCUT2D eigenvalue weighted by atomic mass is 10.1. The van der Waals surface area contributed by atoms with Crippen molar-refractivity contribution in [2.75, 3.05) is 19.0 Å². The third-order valence-corrected chi connectivity index (χ3v) is 3.85. The van der Waals surface area contributed by atoms with Crippen molar-refractivity contribution in [3.8, 4) is 5.75 Å². The number of carbonyl (C=O) groups is 3. The van der Waals surface area contributed by atoms with Gasteiger partial charge in [0.1, 0.15) is 5.75 Å². The second-order valence-corrected chi connectivity index (χ2v) is 5.96. The molecule has 0 saturated carbocycles. The number of hydrogen-bond donors (Lipinski definition) is 1. The lowest BCUT2D eigenvalue weighted by Crippen LogP contribution is -2.15. The van der Waals surface area contributed by atoms with E-state index in [1.54, 1.807) is 36.4 Å². The van der Waals surface area contributed by atoms with Crippen molar-refractivity contribution in [1.29, 1.82) is 0 Å². The highest BCUT2D eigenvalue weighted by molar-refractivity contribution is 9.10. The first-order valence-corrected chi connectivity index (χ1v) is 8.11. The Morgan fingerprint density at radius 1 is 1.08 bits per heavy atom. The normalized spacial score (nSPS) is 10.0. The van der Waals surface area contributed by atoms with Crippen molar-refractivity contribution in [2.45, 2.75) is 6.92 Å². The van der Waals surface area contributed by atoms with Crippen LogP contribution in [0, 0.1) is 0 Å². The van der Waals surface area contributed by atoms with Gasteiger partial charge >= 0.3 is 5.97 Å². The van der Waals surface area contributed by atoms with Gasteiger partial charge in [-0.15, -0.1) is 0 Å². The van der Waals surface area contributed by atoms with Crippen molar-refractivity contribution in [3.63, 3.8) is 0 Å². The van der Waals surface area contributed by atoms with Gasteiger partial charge < -0.3 is 14.8 Å². The molecule has 0 aliphatic rings. The van der Waals surface area contributed by atoms with Crippen LogP contribution in [0.3, 0.4) is 0 Å². The van der Waals surface area contributed by atoms with E-state index in [0.29, 0.717) is 21.5 Å². The predicted octanol–water partition coefficient (Wildman–Crippen LogP) is 3.46. The number of rotatable bonds is 6. The molecule has 0 atom stereocenters. The molecule has 0 aromatic heterocycles. The van der Waals surface area contributed by atoms with Crippen LogP contribution in [0.2, 0.25) is 0 Å². The summed E-state index contributed by atoms with van der Waals surface area (Å²) >= 11 is 3.30. The van der Waals surface area contributed by atoms with Crippen molar-refractivity contribution >= 4 is 39.3 Å². The minimum absolute atomic E-state index is 0.245. The van der Waals surface area contributed by atoms with E-state index in [2.05, 4.69) is 21.2 Å². The van der Waals surface area contributed by atoms with Gasteiger partial charge in [0.25, 0.3) is 0 Å². The molecule has 0 radical (unpaired) electrons. The van der Waals surface area contributed by atoms with E-state index >= 15 is 0 Å². The van der Waals surface area contributed by atoms with Crippen LogP contribution in [0.15, 0.2) is 46.9 Å². The van der Waals surface area contributed by atoms with E-state index in [4.69, 9.17) is 9.47 Å². The molecule has 6 nitrogen and oxygen atoms in total. The molecule has 2 aromatic rings. The summed E-state index contributed by atoms with van der Waals surface area (Å²) in [6.07, 6.45) is 0. The Morgan fingerprint density at radius 3 is 2.48 bits per heavy atom. The summed E-state index contributed by atoms with van der Waals surface area (Å²) in [5.74, 6) is -0.628. The summed E-state index contributed by atoms with van der Waals surface area (Å²) in [4.78, 5) is 35.3. The van der Waals surface area contributed by atoms with Crippen LogP contribution in [0.1, 0.15) is 27.6 Å². The molecule has 7 heteroatoms. The van der Waals surface area contributed by atoms with Gasteiger partial charge in [0.15, 0.2) is 12.4 Å². The number of esters is 1. The van der Waals surface area contributed by atoms with Crippen LogP contribution in [-0.4, -0.2) is 31.4 Å². The zero-order chi connectivity index (χ0) is 18.4. The molecule has 0 saturated heterocycles. The molecule has 1 N–H and O–H groups in total. The molecule has 2 aromatic carbocycles. The summed E-state index contributed by atoms with van der Waals surface area (Å²) in [6.45, 7) is 0.985. The highest BCUT2D eigenvalue weighted by Crippen LogP contribution is 2.25. The first-order valence-electron chi connectivity index (χ1n) is 7.32. The minimum Gasteiger partial charge on any atom is -0.496 e. The maximum Gasteiger partial charge on any atom is 0.338 e. The summed E-state index contributed by atoms with van der Waals surface area (Å²) < 4.78 is 10.8. The number of anilines is 1. The smallest absolute Gasteiger partial charge is 0.338 e.